The van der Waals surface area contributed by atoms with Crippen molar-refractivity contribution < 1.29 is 32.3 Å². The molecule has 1 aliphatic rings. The van der Waals surface area contributed by atoms with Crippen LogP contribution in [0.2, 0.25) is 0 Å². The maximum atomic E-state index is 13.1. The molecule has 11 heteroatoms. The number of benzene rings is 1. The molecule has 0 aromatic heterocycles. The molecule has 0 radical (unpaired) electrons. The summed E-state index contributed by atoms with van der Waals surface area (Å²) < 4.78 is 38.7. The molecule has 1 saturated heterocycles. The van der Waals surface area contributed by atoms with Gasteiger partial charge in [0.15, 0.2) is 0 Å². The van der Waals surface area contributed by atoms with E-state index in [2.05, 4.69) is 10.0 Å². The number of ether oxygens (including phenoxy) is 2. The predicted octanol–water partition coefficient (Wildman–Crippen LogP) is 1.96. The molecule has 1 fully saturated rings. The molecule has 1 unspecified atom stereocenters. The van der Waals surface area contributed by atoms with Crippen molar-refractivity contribution in [2.45, 2.75) is 57.5 Å². The quantitative estimate of drug-likeness (QED) is 0.308. The fraction of sp³-hybridized carbons (Fsp3) is 0.577. The molecule has 1 aliphatic heterocycles. The lowest BCUT2D eigenvalue weighted by atomic mass is 10.0. The first-order chi connectivity index (χ1) is 17.4. The van der Waals surface area contributed by atoms with E-state index >= 15 is 0 Å². The van der Waals surface area contributed by atoms with Crippen molar-refractivity contribution in [1.29, 1.82) is 0 Å². The van der Waals surface area contributed by atoms with Crippen LogP contribution in [0, 0.1) is 11.8 Å². The van der Waals surface area contributed by atoms with Crippen LogP contribution in [-0.4, -0.2) is 76.6 Å². The number of morpholine rings is 1. The highest BCUT2D eigenvalue weighted by Gasteiger charge is 2.30. The van der Waals surface area contributed by atoms with E-state index in [1.165, 1.54) is 25.3 Å². The molecule has 0 saturated carbocycles. The van der Waals surface area contributed by atoms with E-state index < -0.39 is 34.0 Å². The summed E-state index contributed by atoms with van der Waals surface area (Å²) in [5.74, 6) is -1.18. The van der Waals surface area contributed by atoms with Crippen LogP contribution in [0.3, 0.4) is 0 Å². The lowest BCUT2D eigenvalue weighted by Gasteiger charge is -2.25. The Morgan fingerprint density at radius 3 is 2.11 bits per heavy atom. The molecule has 1 aromatic rings. The van der Waals surface area contributed by atoms with Gasteiger partial charge in [0.05, 0.1) is 25.2 Å². The lowest BCUT2D eigenvalue weighted by Crippen LogP contribution is -2.52. The molecule has 2 atom stereocenters. The Morgan fingerprint density at radius 2 is 1.57 bits per heavy atom. The first-order valence-electron chi connectivity index (χ1n) is 12.5. The van der Waals surface area contributed by atoms with Crippen molar-refractivity contribution in [1.82, 2.24) is 14.9 Å². The second-order valence-corrected chi connectivity index (χ2v) is 11.6. The summed E-state index contributed by atoms with van der Waals surface area (Å²) in [6.45, 7) is 9.66. The van der Waals surface area contributed by atoms with Crippen LogP contribution in [0.25, 0.3) is 6.08 Å². The van der Waals surface area contributed by atoms with Gasteiger partial charge in [-0.2, -0.15) is 4.72 Å². The van der Waals surface area contributed by atoms with Gasteiger partial charge in [0.25, 0.3) is 0 Å². The summed E-state index contributed by atoms with van der Waals surface area (Å²) in [4.78, 5) is 39.1. The van der Waals surface area contributed by atoms with Crippen molar-refractivity contribution in [3.63, 3.8) is 0 Å². The number of hydrogen-bond acceptors (Lipinski definition) is 7. The molecule has 10 nitrogen and oxygen atoms in total. The van der Waals surface area contributed by atoms with Gasteiger partial charge in [-0.25, -0.2) is 13.2 Å². The van der Waals surface area contributed by atoms with Crippen molar-refractivity contribution in [3.05, 3.63) is 35.9 Å². The average molecular weight is 538 g/mol. The van der Waals surface area contributed by atoms with Crippen LogP contribution in [0.1, 0.15) is 46.1 Å². The van der Waals surface area contributed by atoms with E-state index in [1.807, 2.05) is 27.7 Å². The predicted molar refractivity (Wildman–Crippen MR) is 140 cm³/mol. The summed E-state index contributed by atoms with van der Waals surface area (Å²) in [6.07, 6.45) is 3.68. The number of rotatable bonds is 12. The summed E-state index contributed by atoms with van der Waals surface area (Å²) in [5, 5.41) is 2.65. The zero-order chi connectivity index (χ0) is 27.6. The van der Waals surface area contributed by atoms with E-state index in [4.69, 9.17) is 9.47 Å². The van der Waals surface area contributed by atoms with Crippen LogP contribution in [0.4, 0.5) is 0 Å². The topological polar surface area (TPSA) is 131 Å². The molecule has 1 heterocycles. The van der Waals surface area contributed by atoms with E-state index in [1.54, 1.807) is 23.1 Å². The summed E-state index contributed by atoms with van der Waals surface area (Å²) in [7, 11) is -2.80. The highest BCUT2D eigenvalue weighted by Crippen LogP contribution is 2.16. The molecule has 0 bridgehead atoms. The van der Waals surface area contributed by atoms with Crippen LogP contribution < -0.4 is 10.0 Å². The fourth-order valence-electron chi connectivity index (χ4n) is 3.85. The SMILES string of the molecule is COC(=O)[C@H](CC(C)C)NC(=O)C(CC(C)C)NS(=O)(=O)c1ccc(/C=C/C(=O)N2CCOCC2)cc1. The minimum absolute atomic E-state index is 0.0108. The van der Waals surface area contributed by atoms with Crippen molar-refractivity contribution in [2.75, 3.05) is 33.4 Å². The fourth-order valence-corrected chi connectivity index (χ4v) is 5.06. The molecular weight excluding hydrogens is 498 g/mol. The van der Waals surface area contributed by atoms with Crippen LogP contribution in [-0.2, 0) is 33.9 Å². The maximum absolute atomic E-state index is 13.1. The van der Waals surface area contributed by atoms with Gasteiger partial charge in [-0.15, -0.1) is 0 Å². The van der Waals surface area contributed by atoms with Crippen LogP contribution in [0.5, 0.6) is 0 Å². The normalized spacial score (nSPS) is 16.1. The van der Waals surface area contributed by atoms with E-state index in [-0.39, 0.29) is 29.1 Å². The average Bonchev–Trinajstić information content (AvgIpc) is 2.86. The molecule has 2 N–H and O–H groups in total. The molecule has 37 heavy (non-hydrogen) atoms. The number of methoxy groups -OCH3 is 1. The Kier molecular flexibility index (Phi) is 11.7. The number of amides is 2. The van der Waals surface area contributed by atoms with Gasteiger partial charge in [0, 0.05) is 19.2 Å². The Morgan fingerprint density at radius 1 is 1.00 bits per heavy atom. The minimum atomic E-state index is -4.04. The zero-order valence-corrected chi connectivity index (χ0v) is 23.0. The Balaban J connectivity index is 2.12. The third-order valence-electron chi connectivity index (χ3n) is 5.76. The Labute approximate surface area is 219 Å². The Hall–Kier alpha value is -2.76. The first-order valence-corrected chi connectivity index (χ1v) is 14.0. The van der Waals surface area contributed by atoms with Gasteiger partial charge in [0.2, 0.25) is 21.8 Å². The highest BCUT2D eigenvalue weighted by molar-refractivity contribution is 7.89. The summed E-state index contributed by atoms with van der Waals surface area (Å²) in [5.41, 5.74) is 0.659. The number of nitrogens with one attached hydrogen (secondary N) is 2. The van der Waals surface area contributed by atoms with Crippen LogP contribution >= 0.6 is 0 Å². The molecule has 0 aliphatic carbocycles. The standard InChI is InChI=1S/C26H39N3O7S/c1-18(2)16-22(25(31)27-23(17-19(3)4)26(32)35-5)28-37(33,34)21-9-6-20(7-10-21)8-11-24(30)29-12-14-36-15-13-29/h6-11,18-19,22-23,28H,12-17H2,1-5H3,(H,27,31)/b11-8+/t22?,23-/m0/s1. The largest absolute Gasteiger partial charge is 0.467 e. The second-order valence-electron chi connectivity index (χ2n) is 9.86. The van der Waals surface area contributed by atoms with Gasteiger partial charge < -0.3 is 19.7 Å². The monoisotopic (exact) mass is 537 g/mol. The van der Waals surface area contributed by atoms with Crippen molar-refractivity contribution in [2.24, 2.45) is 11.8 Å². The third-order valence-corrected chi connectivity index (χ3v) is 7.25. The number of esters is 1. The van der Waals surface area contributed by atoms with Gasteiger partial charge in [-0.05, 0) is 48.4 Å². The third kappa shape index (κ3) is 9.90. The van der Waals surface area contributed by atoms with E-state index in [0.717, 1.165) is 0 Å². The molecule has 0 spiro atoms. The first kappa shape index (κ1) is 30.5. The van der Waals surface area contributed by atoms with E-state index in [9.17, 15) is 22.8 Å². The molecule has 1 aromatic carbocycles. The highest BCUT2D eigenvalue weighted by atomic mass is 32.2. The summed E-state index contributed by atoms with van der Waals surface area (Å²) >= 11 is 0. The number of nitrogens with zero attached hydrogens (tertiary/aromatic N) is 1. The molecule has 206 valence electrons. The number of sulfonamides is 1. The van der Waals surface area contributed by atoms with Gasteiger partial charge in [-0.3, -0.25) is 9.59 Å². The molecule has 2 amide bonds. The minimum Gasteiger partial charge on any atom is -0.467 e. The van der Waals surface area contributed by atoms with Crippen molar-refractivity contribution >= 4 is 33.9 Å². The number of carbonyl (C=O) groups is 3. The van der Waals surface area contributed by atoms with E-state index in [0.29, 0.717) is 38.3 Å². The van der Waals surface area contributed by atoms with Gasteiger partial charge in [-0.1, -0.05) is 39.8 Å². The summed E-state index contributed by atoms with van der Waals surface area (Å²) in [6, 6.07) is 4.07. The van der Waals surface area contributed by atoms with Crippen molar-refractivity contribution in [3.8, 4) is 0 Å². The molecule has 2 rings (SSSR count). The van der Waals surface area contributed by atoms with Gasteiger partial charge >= 0.3 is 5.97 Å². The van der Waals surface area contributed by atoms with Gasteiger partial charge in [0.1, 0.15) is 12.1 Å². The maximum Gasteiger partial charge on any atom is 0.328 e. The smallest absolute Gasteiger partial charge is 0.328 e. The lowest BCUT2D eigenvalue weighted by molar-refractivity contribution is -0.145. The number of hydrogen-bond donors (Lipinski definition) is 2. The molecular formula is C26H39N3O7S. The Bertz CT molecular complexity index is 1050. The van der Waals surface area contributed by atoms with Crippen LogP contribution in [0.15, 0.2) is 35.2 Å². The zero-order valence-electron chi connectivity index (χ0n) is 22.2. The second kappa shape index (κ2) is 14.3. The number of carbonyl (C=O) groups excluding carboxylic acids is 3.